The van der Waals surface area contributed by atoms with Crippen LogP contribution in [0.4, 0.5) is 0 Å². The third-order valence-corrected chi connectivity index (χ3v) is 6.40. The van der Waals surface area contributed by atoms with E-state index in [1.54, 1.807) is 0 Å². The molecule has 2 N–H and O–H groups in total. The van der Waals surface area contributed by atoms with Gasteiger partial charge in [0.1, 0.15) is 9.84 Å². The molecule has 0 spiro atoms. The lowest BCUT2D eigenvalue weighted by Crippen LogP contribution is -2.37. The molecule has 1 saturated carbocycles. The summed E-state index contributed by atoms with van der Waals surface area (Å²) in [7, 11) is -2.90. The lowest BCUT2D eigenvalue weighted by Gasteiger charge is -2.32. The van der Waals surface area contributed by atoms with Crippen LogP contribution in [0.1, 0.15) is 57.8 Å². The maximum atomic E-state index is 11.7. The summed E-state index contributed by atoms with van der Waals surface area (Å²) in [6, 6.07) is 0.147. The van der Waals surface area contributed by atoms with Gasteiger partial charge in [0.05, 0.1) is 5.25 Å². The van der Waals surface area contributed by atoms with Crippen molar-refractivity contribution in [1.29, 1.82) is 0 Å². The molecule has 1 fully saturated rings. The molecule has 0 radical (unpaired) electrons. The molecule has 0 bridgehead atoms. The summed E-state index contributed by atoms with van der Waals surface area (Å²) in [5.74, 6) is 0.385. The predicted octanol–water partition coefficient (Wildman–Crippen LogP) is 2.81. The molecule has 0 saturated heterocycles. The van der Waals surface area contributed by atoms with E-state index < -0.39 is 9.84 Å². The Morgan fingerprint density at radius 3 is 2.74 bits per heavy atom. The van der Waals surface area contributed by atoms with Gasteiger partial charge in [0.15, 0.2) is 0 Å². The number of nitrogens with two attached hydrogens (primary N) is 1. The molecule has 3 unspecified atom stereocenters. The van der Waals surface area contributed by atoms with Gasteiger partial charge in [-0.25, -0.2) is 8.42 Å². The van der Waals surface area contributed by atoms with E-state index in [1.807, 2.05) is 0 Å². The summed E-state index contributed by atoms with van der Waals surface area (Å²) in [5, 5.41) is -0.155. The fourth-order valence-electron chi connectivity index (χ4n) is 3.52. The van der Waals surface area contributed by atoms with E-state index >= 15 is 0 Å². The molecule has 4 heteroatoms. The standard InChI is InChI=1S/C15H27NO2S/c1-19(17,18)14-9-5-8-13(11-14)15(16)10-12-6-3-2-4-7-12/h6,13-15H,2-5,7-11,16H2,1H3. The van der Waals surface area contributed by atoms with Gasteiger partial charge in [0.25, 0.3) is 0 Å². The van der Waals surface area contributed by atoms with Crippen molar-refractivity contribution in [2.75, 3.05) is 6.26 Å². The van der Waals surface area contributed by atoms with Crippen molar-refractivity contribution < 1.29 is 8.42 Å². The highest BCUT2D eigenvalue weighted by atomic mass is 32.2. The molecular formula is C15H27NO2S. The number of hydrogen-bond acceptors (Lipinski definition) is 3. The van der Waals surface area contributed by atoms with Gasteiger partial charge in [0, 0.05) is 12.3 Å². The van der Waals surface area contributed by atoms with Gasteiger partial charge in [-0.1, -0.05) is 18.1 Å². The Morgan fingerprint density at radius 2 is 2.11 bits per heavy atom. The fourth-order valence-corrected chi connectivity index (χ4v) is 4.71. The first-order valence-electron chi connectivity index (χ1n) is 7.59. The van der Waals surface area contributed by atoms with E-state index in [9.17, 15) is 8.42 Å². The topological polar surface area (TPSA) is 60.2 Å². The third-order valence-electron chi connectivity index (χ3n) is 4.76. The molecular weight excluding hydrogens is 258 g/mol. The van der Waals surface area contributed by atoms with E-state index in [1.165, 1.54) is 37.5 Å². The fraction of sp³-hybridized carbons (Fsp3) is 0.867. The van der Waals surface area contributed by atoms with Crippen molar-refractivity contribution in [2.24, 2.45) is 11.7 Å². The van der Waals surface area contributed by atoms with E-state index in [0.717, 1.165) is 32.1 Å². The second kappa shape index (κ2) is 6.40. The molecule has 3 nitrogen and oxygen atoms in total. The van der Waals surface area contributed by atoms with Crippen molar-refractivity contribution in [3.8, 4) is 0 Å². The smallest absolute Gasteiger partial charge is 0.150 e. The molecule has 2 rings (SSSR count). The van der Waals surface area contributed by atoms with Gasteiger partial charge >= 0.3 is 0 Å². The summed E-state index contributed by atoms with van der Waals surface area (Å²) in [4.78, 5) is 0. The van der Waals surface area contributed by atoms with Crippen molar-refractivity contribution in [3.63, 3.8) is 0 Å². The van der Waals surface area contributed by atoms with Crippen LogP contribution in [0.3, 0.4) is 0 Å². The Balaban J connectivity index is 1.91. The van der Waals surface area contributed by atoms with E-state index in [2.05, 4.69) is 6.08 Å². The average Bonchev–Trinajstić information content (AvgIpc) is 2.39. The number of hydrogen-bond donors (Lipinski definition) is 1. The van der Waals surface area contributed by atoms with Crippen molar-refractivity contribution in [2.45, 2.75) is 69.1 Å². The zero-order valence-corrected chi connectivity index (χ0v) is 12.8. The summed E-state index contributed by atoms with van der Waals surface area (Å²) >= 11 is 0. The van der Waals surface area contributed by atoms with Gasteiger partial charge < -0.3 is 5.73 Å². The summed E-state index contributed by atoms with van der Waals surface area (Å²) in [5.41, 5.74) is 7.85. The third kappa shape index (κ3) is 4.32. The maximum absolute atomic E-state index is 11.7. The Labute approximate surface area is 117 Å². The molecule has 2 aliphatic rings. The van der Waals surface area contributed by atoms with Crippen molar-refractivity contribution in [1.82, 2.24) is 0 Å². The number of sulfone groups is 1. The second-order valence-corrected chi connectivity index (χ2v) is 8.68. The van der Waals surface area contributed by atoms with Crippen LogP contribution in [0.25, 0.3) is 0 Å². The summed E-state index contributed by atoms with van der Waals surface area (Å²) in [6.45, 7) is 0. The van der Waals surface area contributed by atoms with E-state index in [4.69, 9.17) is 5.73 Å². The first-order valence-corrected chi connectivity index (χ1v) is 9.54. The van der Waals surface area contributed by atoms with Crippen molar-refractivity contribution in [3.05, 3.63) is 11.6 Å². The highest BCUT2D eigenvalue weighted by Gasteiger charge is 2.31. The molecule has 0 aromatic heterocycles. The first-order chi connectivity index (χ1) is 8.97. The molecule has 3 atom stereocenters. The lowest BCUT2D eigenvalue weighted by atomic mass is 9.80. The molecule has 0 amide bonds. The normalized spacial score (nSPS) is 30.7. The zero-order valence-electron chi connectivity index (χ0n) is 12.0. The van der Waals surface area contributed by atoms with Crippen LogP contribution < -0.4 is 5.73 Å². The molecule has 19 heavy (non-hydrogen) atoms. The van der Waals surface area contributed by atoms with Crippen LogP contribution in [0, 0.1) is 5.92 Å². The van der Waals surface area contributed by atoms with Gasteiger partial charge in [0.2, 0.25) is 0 Å². The Hall–Kier alpha value is -0.350. The largest absolute Gasteiger partial charge is 0.327 e. The van der Waals surface area contributed by atoms with Crippen LogP contribution in [-0.2, 0) is 9.84 Å². The minimum atomic E-state index is -2.90. The summed E-state index contributed by atoms with van der Waals surface area (Å²) in [6.07, 6.45) is 13.4. The number of rotatable bonds is 4. The highest BCUT2D eigenvalue weighted by molar-refractivity contribution is 7.91. The molecule has 2 aliphatic carbocycles. The molecule has 110 valence electrons. The minimum absolute atomic E-state index is 0.147. The van der Waals surface area contributed by atoms with E-state index in [-0.39, 0.29) is 11.3 Å². The van der Waals surface area contributed by atoms with Crippen LogP contribution in [0.15, 0.2) is 11.6 Å². The molecule has 0 heterocycles. The average molecular weight is 285 g/mol. The second-order valence-electron chi connectivity index (χ2n) is 6.35. The molecule has 0 aliphatic heterocycles. The summed E-state index contributed by atoms with van der Waals surface area (Å²) < 4.78 is 23.4. The van der Waals surface area contributed by atoms with E-state index in [0.29, 0.717) is 5.92 Å². The van der Waals surface area contributed by atoms with Gasteiger partial charge in [-0.05, 0) is 57.3 Å². The first kappa shape index (κ1) is 15.0. The minimum Gasteiger partial charge on any atom is -0.327 e. The van der Waals surface area contributed by atoms with Gasteiger partial charge in [-0.2, -0.15) is 0 Å². The molecule has 0 aromatic rings. The monoisotopic (exact) mass is 285 g/mol. The predicted molar refractivity (Wildman–Crippen MR) is 79.7 cm³/mol. The Morgan fingerprint density at radius 1 is 1.32 bits per heavy atom. The van der Waals surface area contributed by atoms with Crippen LogP contribution in [0.5, 0.6) is 0 Å². The quantitative estimate of drug-likeness (QED) is 0.808. The zero-order chi connectivity index (χ0) is 13.9. The van der Waals surface area contributed by atoms with Crippen molar-refractivity contribution >= 4 is 9.84 Å². The van der Waals surface area contributed by atoms with Gasteiger partial charge in [-0.15, -0.1) is 0 Å². The maximum Gasteiger partial charge on any atom is 0.150 e. The molecule has 0 aromatic carbocycles. The highest BCUT2D eigenvalue weighted by Crippen LogP contribution is 2.33. The number of allylic oxidation sites excluding steroid dienone is 1. The lowest BCUT2D eigenvalue weighted by molar-refractivity contribution is 0.302. The van der Waals surface area contributed by atoms with Crippen LogP contribution in [0.2, 0.25) is 0 Å². The Bertz CT molecular complexity index is 427. The Kier molecular flexibility index (Phi) is 5.07. The van der Waals surface area contributed by atoms with Crippen LogP contribution >= 0.6 is 0 Å². The van der Waals surface area contributed by atoms with Crippen LogP contribution in [-0.4, -0.2) is 26.0 Å². The SMILES string of the molecule is CS(=O)(=O)C1CCCC(C(N)CC2=CCCCC2)C1. The van der Waals surface area contributed by atoms with Gasteiger partial charge in [-0.3, -0.25) is 0 Å².